The molecule has 0 aromatic heterocycles. The lowest BCUT2D eigenvalue weighted by Crippen LogP contribution is -2.35. The third-order valence-electron chi connectivity index (χ3n) is 4.81. The first-order valence-electron chi connectivity index (χ1n) is 7.23. The molecule has 0 unspecified atom stereocenters. The van der Waals surface area contributed by atoms with Crippen molar-refractivity contribution in [1.29, 1.82) is 0 Å². The highest BCUT2D eigenvalue weighted by molar-refractivity contribution is 5.36. The van der Waals surface area contributed by atoms with E-state index >= 15 is 4.39 Å². The quantitative estimate of drug-likeness (QED) is 0.839. The maximum atomic E-state index is 15.2. The van der Waals surface area contributed by atoms with Crippen molar-refractivity contribution in [2.24, 2.45) is 5.73 Å². The summed E-state index contributed by atoms with van der Waals surface area (Å²) in [4.78, 5) is 0. The number of nitrogens with two attached hydrogens (primary N) is 1. The molecular formula is C16H22FN. The molecule has 1 aromatic rings. The zero-order chi connectivity index (χ0) is 12.6. The molecule has 2 fully saturated rings. The number of rotatable bonds is 2. The first kappa shape index (κ1) is 12.2. The van der Waals surface area contributed by atoms with Gasteiger partial charge in [0.05, 0.1) is 0 Å². The second-order valence-corrected chi connectivity index (χ2v) is 6.02. The van der Waals surface area contributed by atoms with Gasteiger partial charge in [-0.05, 0) is 55.6 Å². The van der Waals surface area contributed by atoms with Gasteiger partial charge in [0.25, 0.3) is 0 Å². The van der Waals surface area contributed by atoms with Gasteiger partial charge in [-0.25, -0.2) is 4.39 Å². The molecule has 1 nitrogen and oxygen atoms in total. The molecule has 2 aliphatic carbocycles. The summed E-state index contributed by atoms with van der Waals surface area (Å²) in [7, 11) is 0. The van der Waals surface area contributed by atoms with Crippen LogP contribution in [0.25, 0.3) is 0 Å². The lowest BCUT2D eigenvalue weighted by atomic mass is 9.72. The van der Waals surface area contributed by atoms with Crippen LogP contribution in [0.3, 0.4) is 0 Å². The predicted octanol–water partition coefficient (Wildman–Crippen LogP) is 4.02. The second kappa shape index (κ2) is 4.65. The van der Waals surface area contributed by atoms with E-state index < -0.39 is 5.67 Å². The van der Waals surface area contributed by atoms with Gasteiger partial charge in [-0.3, -0.25) is 0 Å². The highest BCUT2D eigenvalue weighted by atomic mass is 19.1. The maximum Gasteiger partial charge on any atom is 0.136 e. The maximum absolute atomic E-state index is 15.2. The zero-order valence-corrected chi connectivity index (χ0v) is 10.9. The van der Waals surface area contributed by atoms with E-state index in [0.717, 1.165) is 18.4 Å². The van der Waals surface area contributed by atoms with Gasteiger partial charge in [-0.15, -0.1) is 0 Å². The van der Waals surface area contributed by atoms with Crippen LogP contribution in [0.4, 0.5) is 4.39 Å². The lowest BCUT2D eigenvalue weighted by molar-refractivity contribution is 0.0957. The molecule has 1 aromatic carbocycles. The Morgan fingerprint density at radius 1 is 1.06 bits per heavy atom. The molecule has 0 radical (unpaired) electrons. The fraction of sp³-hybridized carbons (Fsp3) is 0.625. The van der Waals surface area contributed by atoms with Crippen molar-refractivity contribution in [2.45, 2.75) is 62.6 Å². The van der Waals surface area contributed by atoms with Gasteiger partial charge >= 0.3 is 0 Å². The van der Waals surface area contributed by atoms with E-state index in [2.05, 4.69) is 12.1 Å². The summed E-state index contributed by atoms with van der Waals surface area (Å²) in [6.45, 7) is 0. The highest BCUT2D eigenvalue weighted by Crippen LogP contribution is 2.46. The molecule has 2 N–H and O–H groups in total. The largest absolute Gasteiger partial charge is 0.328 e. The summed E-state index contributed by atoms with van der Waals surface area (Å²) in [6, 6.07) is 8.37. The smallest absolute Gasteiger partial charge is 0.136 e. The Balaban J connectivity index is 1.90. The van der Waals surface area contributed by atoms with Crippen LogP contribution in [0.2, 0.25) is 0 Å². The van der Waals surface area contributed by atoms with E-state index in [-0.39, 0.29) is 6.04 Å². The molecule has 3 rings (SSSR count). The van der Waals surface area contributed by atoms with Crippen LogP contribution in [0, 0.1) is 0 Å². The van der Waals surface area contributed by atoms with Crippen LogP contribution < -0.4 is 5.73 Å². The third-order valence-corrected chi connectivity index (χ3v) is 4.81. The topological polar surface area (TPSA) is 26.0 Å². The molecule has 2 heteroatoms. The highest BCUT2D eigenvalue weighted by Gasteiger charge is 2.39. The molecule has 0 atom stereocenters. The van der Waals surface area contributed by atoms with Gasteiger partial charge in [0.15, 0.2) is 0 Å². The molecule has 0 saturated heterocycles. The standard InChI is InChI=1S/C16H22FN/c17-16(10-8-13(18)9-11-16)15-7-2-1-6-14(15)12-4-3-5-12/h1-2,6-7,12-13H,3-5,8-11,18H2. The summed E-state index contributed by atoms with van der Waals surface area (Å²) in [6.07, 6.45) is 6.57. The van der Waals surface area contributed by atoms with E-state index in [1.54, 1.807) is 0 Å². The van der Waals surface area contributed by atoms with Gasteiger partial charge < -0.3 is 5.73 Å². The van der Waals surface area contributed by atoms with Crippen LogP contribution >= 0.6 is 0 Å². The van der Waals surface area contributed by atoms with E-state index in [4.69, 9.17) is 5.73 Å². The summed E-state index contributed by atoms with van der Waals surface area (Å²) in [5.74, 6) is 0.601. The minimum Gasteiger partial charge on any atom is -0.328 e. The van der Waals surface area contributed by atoms with Crippen molar-refractivity contribution in [3.05, 3.63) is 35.4 Å². The van der Waals surface area contributed by atoms with Gasteiger partial charge in [0, 0.05) is 6.04 Å². The zero-order valence-electron chi connectivity index (χ0n) is 10.9. The molecule has 0 amide bonds. The lowest BCUT2D eigenvalue weighted by Gasteiger charge is -2.37. The Hall–Kier alpha value is -0.890. The van der Waals surface area contributed by atoms with Crippen molar-refractivity contribution in [1.82, 2.24) is 0 Å². The van der Waals surface area contributed by atoms with Crippen LogP contribution in [0.1, 0.15) is 62.0 Å². The first-order valence-corrected chi connectivity index (χ1v) is 7.23. The van der Waals surface area contributed by atoms with Gasteiger partial charge in [0.2, 0.25) is 0 Å². The molecule has 98 valence electrons. The van der Waals surface area contributed by atoms with Crippen molar-refractivity contribution >= 4 is 0 Å². The normalized spacial score (nSPS) is 33.1. The summed E-state index contributed by atoms with van der Waals surface area (Å²) in [5.41, 5.74) is 7.00. The first-order chi connectivity index (χ1) is 8.69. The Morgan fingerprint density at radius 2 is 1.72 bits per heavy atom. The van der Waals surface area contributed by atoms with Crippen molar-refractivity contribution in [3.63, 3.8) is 0 Å². The fourth-order valence-electron chi connectivity index (χ4n) is 3.35. The molecule has 0 aliphatic heterocycles. The molecule has 18 heavy (non-hydrogen) atoms. The fourth-order valence-corrected chi connectivity index (χ4v) is 3.35. The molecule has 0 heterocycles. The Bertz CT molecular complexity index is 417. The van der Waals surface area contributed by atoms with Crippen molar-refractivity contribution in [3.8, 4) is 0 Å². The van der Waals surface area contributed by atoms with Crippen LogP contribution in [0.5, 0.6) is 0 Å². The Morgan fingerprint density at radius 3 is 2.33 bits per heavy atom. The predicted molar refractivity (Wildman–Crippen MR) is 72.3 cm³/mol. The Kier molecular flexibility index (Phi) is 3.14. The molecule has 2 saturated carbocycles. The van der Waals surface area contributed by atoms with Gasteiger partial charge in [-0.1, -0.05) is 30.7 Å². The minimum absolute atomic E-state index is 0.199. The second-order valence-electron chi connectivity index (χ2n) is 6.02. The van der Waals surface area contributed by atoms with Crippen molar-refractivity contribution < 1.29 is 4.39 Å². The van der Waals surface area contributed by atoms with Gasteiger partial charge in [0.1, 0.15) is 5.67 Å². The number of halogens is 1. The summed E-state index contributed by atoms with van der Waals surface area (Å²) >= 11 is 0. The van der Waals surface area contributed by atoms with E-state index in [9.17, 15) is 0 Å². The minimum atomic E-state index is -1.12. The molecule has 0 bridgehead atoms. The number of hydrogen-bond acceptors (Lipinski definition) is 1. The number of alkyl halides is 1. The average molecular weight is 247 g/mol. The third kappa shape index (κ3) is 2.07. The van der Waals surface area contributed by atoms with Crippen LogP contribution in [-0.4, -0.2) is 6.04 Å². The molecule has 0 spiro atoms. The number of benzene rings is 1. The summed E-state index contributed by atoms with van der Waals surface area (Å²) < 4.78 is 15.2. The van der Waals surface area contributed by atoms with Crippen molar-refractivity contribution in [2.75, 3.05) is 0 Å². The van der Waals surface area contributed by atoms with Crippen LogP contribution in [-0.2, 0) is 5.67 Å². The SMILES string of the molecule is NC1CCC(F)(c2ccccc2C2CCC2)CC1. The van der Waals surface area contributed by atoms with E-state index in [1.165, 1.54) is 24.8 Å². The van der Waals surface area contributed by atoms with Crippen LogP contribution in [0.15, 0.2) is 24.3 Å². The molecule has 2 aliphatic rings. The van der Waals surface area contributed by atoms with E-state index in [1.807, 2.05) is 12.1 Å². The van der Waals surface area contributed by atoms with Gasteiger partial charge in [-0.2, -0.15) is 0 Å². The monoisotopic (exact) mass is 247 g/mol. The molecular weight excluding hydrogens is 225 g/mol. The Labute approximate surface area is 109 Å². The number of hydrogen-bond donors (Lipinski definition) is 1. The summed E-state index contributed by atoms with van der Waals surface area (Å²) in [5, 5.41) is 0. The van der Waals surface area contributed by atoms with E-state index in [0.29, 0.717) is 18.8 Å². The average Bonchev–Trinajstić information content (AvgIpc) is 2.32.